The summed E-state index contributed by atoms with van der Waals surface area (Å²) in [6.07, 6.45) is -3.68. The van der Waals surface area contributed by atoms with Gasteiger partial charge >= 0.3 is 12.2 Å². The first kappa shape index (κ1) is 21.0. The van der Waals surface area contributed by atoms with E-state index in [4.69, 9.17) is 0 Å². The molecule has 2 heterocycles. The Morgan fingerprint density at radius 3 is 2.61 bits per heavy atom. The monoisotopic (exact) mass is 458 g/mol. The molecule has 3 aliphatic rings. The van der Waals surface area contributed by atoms with Gasteiger partial charge in [0.1, 0.15) is 18.6 Å². The summed E-state index contributed by atoms with van der Waals surface area (Å²) in [7, 11) is 0. The first-order valence-electron chi connectivity index (χ1n) is 10.1. The predicted octanol–water partition coefficient (Wildman–Crippen LogP) is 2.38. The number of amides is 5. The molecule has 170 valence electrons. The quantitative estimate of drug-likeness (QED) is 0.676. The van der Waals surface area contributed by atoms with Crippen molar-refractivity contribution in [2.45, 2.75) is 24.6 Å². The van der Waals surface area contributed by atoms with Crippen LogP contribution in [0.25, 0.3) is 0 Å². The second kappa shape index (κ2) is 7.06. The lowest BCUT2D eigenvalue weighted by Gasteiger charge is -2.30. The number of alkyl halides is 3. The molecular formula is C22H17F3N4O4. The van der Waals surface area contributed by atoms with Gasteiger partial charge in [0.05, 0.1) is 16.9 Å². The van der Waals surface area contributed by atoms with Crippen molar-refractivity contribution in [2.24, 2.45) is 0 Å². The average molecular weight is 458 g/mol. The van der Waals surface area contributed by atoms with Gasteiger partial charge in [-0.2, -0.15) is 13.2 Å². The van der Waals surface area contributed by atoms with Crippen molar-refractivity contribution in [3.05, 3.63) is 59.2 Å². The zero-order valence-corrected chi connectivity index (χ0v) is 17.0. The summed E-state index contributed by atoms with van der Waals surface area (Å²) < 4.78 is 39.1. The number of benzene rings is 2. The number of carbonyl (C=O) groups is 4. The van der Waals surface area contributed by atoms with Crippen LogP contribution in [0.15, 0.2) is 42.5 Å². The van der Waals surface area contributed by atoms with Crippen LogP contribution in [0.3, 0.4) is 0 Å². The third-order valence-electron chi connectivity index (χ3n) is 6.21. The Hall–Kier alpha value is -3.89. The molecule has 0 unspecified atom stereocenters. The largest absolute Gasteiger partial charge is 0.416 e. The van der Waals surface area contributed by atoms with Gasteiger partial charge < -0.3 is 10.6 Å². The van der Waals surface area contributed by atoms with E-state index in [1.54, 1.807) is 12.1 Å². The number of urea groups is 1. The van der Waals surface area contributed by atoms with Gasteiger partial charge in [-0.1, -0.05) is 24.3 Å². The summed E-state index contributed by atoms with van der Waals surface area (Å²) in [5.41, 5.74) is -0.727. The summed E-state index contributed by atoms with van der Waals surface area (Å²) >= 11 is 0. The molecule has 11 heteroatoms. The lowest BCUT2D eigenvalue weighted by atomic mass is 9.92. The summed E-state index contributed by atoms with van der Waals surface area (Å²) in [5.74, 6) is -2.02. The molecule has 1 spiro atoms. The Morgan fingerprint density at radius 2 is 1.85 bits per heavy atom. The van der Waals surface area contributed by atoms with Gasteiger partial charge in [-0.25, -0.2) is 4.79 Å². The lowest BCUT2D eigenvalue weighted by Crippen LogP contribution is -2.48. The van der Waals surface area contributed by atoms with Gasteiger partial charge in [-0.3, -0.25) is 24.2 Å². The Kier molecular flexibility index (Phi) is 4.49. The number of carbonyl (C=O) groups excluding carboxylic acids is 4. The van der Waals surface area contributed by atoms with E-state index < -0.39 is 54.1 Å². The molecule has 33 heavy (non-hydrogen) atoms. The van der Waals surface area contributed by atoms with Crippen molar-refractivity contribution in [3.8, 4) is 0 Å². The zero-order chi connectivity index (χ0) is 23.5. The van der Waals surface area contributed by atoms with Crippen molar-refractivity contribution >= 4 is 35.1 Å². The highest BCUT2D eigenvalue weighted by Crippen LogP contribution is 2.41. The number of rotatable bonds is 2. The number of halogens is 3. The number of aryl methyl sites for hydroxylation is 1. The number of hydrogen-bond donors (Lipinski definition) is 2. The minimum Gasteiger partial charge on any atom is -0.323 e. The molecule has 2 aromatic rings. The molecule has 0 radical (unpaired) electrons. The van der Waals surface area contributed by atoms with Crippen molar-refractivity contribution < 1.29 is 32.3 Å². The number of anilines is 2. The smallest absolute Gasteiger partial charge is 0.323 e. The Labute approximate surface area is 185 Å². The normalized spacial score (nSPS) is 21.7. The molecule has 1 saturated heterocycles. The molecule has 1 fully saturated rings. The van der Waals surface area contributed by atoms with E-state index in [0.29, 0.717) is 18.4 Å². The molecule has 0 bridgehead atoms. The molecule has 8 nitrogen and oxygen atoms in total. The van der Waals surface area contributed by atoms with Crippen LogP contribution in [0, 0.1) is 0 Å². The van der Waals surface area contributed by atoms with Crippen LogP contribution in [0.4, 0.5) is 29.3 Å². The van der Waals surface area contributed by atoms with E-state index >= 15 is 0 Å². The van der Waals surface area contributed by atoms with Gasteiger partial charge in [-0.05, 0) is 42.2 Å². The van der Waals surface area contributed by atoms with E-state index in [-0.39, 0.29) is 11.4 Å². The fraction of sp³-hybridized carbons (Fsp3) is 0.273. The van der Waals surface area contributed by atoms with Crippen molar-refractivity contribution in [3.63, 3.8) is 0 Å². The molecule has 1 atom stereocenters. The molecule has 5 amide bonds. The van der Waals surface area contributed by atoms with Gasteiger partial charge in [0, 0.05) is 0 Å². The summed E-state index contributed by atoms with van der Waals surface area (Å²) in [6, 6.07) is 9.11. The summed E-state index contributed by atoms with van der Waals surface area (Å²) in [4.78, 5) is 52.8. The predicted molar refractivity (Wildman–Crippen MR) is 109 cm³/mol. The van der Waals surface area contributed by atoms with Crippen LogP contribution in [-0.2, 0) is 32.5 Å². The molecule has 5 rings (SSSR count). The molecular weight excluding hydrogens is 441 g/mol. The number of nitrogens with one attached hydrogen (secondary N) is 2. The molecule has 0 aromatic heterocycles. The fourth-order valence-corrected chi connectivity index (χ4v) is 4.64. The lowest BCUT2D eigenvalue weighted by molar-refractivity contribution is -0.137. The van der Waals surface area contributed by atoms with Crippen LogP contribution in [-0.4, -0.2) is 41.7 Å². The number of fused-ring (bicyclic) bond motifs is 3. The Balaban J connectivity index is 1.41. The second-order valence-corrected chi connectivity index (χ2v) is 8.14. The van der Waals surface area contributed by atoms with Gasteiger partial charge in [0.2, 0.25) is 11.8 Å². The van der Waals surface area contributed by atoms with Gasteiger partial charge in [0.15, 0.2) is 0 Å². The first-order chi connectivity index (χ1) is 15.6. The van der Waals surface area contributed by atoms with E-state index in [1.165, 1.54) is 0 Å². The van der Waals surface area contributed by atoms with Crippen molar-refractivity contribution in [1.82, 2.24) is 10.2 Å². The van der Waals surface area contributed by atoms with E-state index in [9.17, 15) is 32.3 Å². The topological polar surface area (TPSA) is 98.8 Å². The number of imide groups is 1. The van der Waals surface area contributed by atoms with E-state index in [2.05, 4.69) is 10.6 Å². The van der Waals surface area contributed by atoms with Crippen LogP contribution in [0.2, 0.25) is 0 Å². The minimum absolute atomic E-state index is 0.0561. The highest BCUT2D eigenvalue weighted by molar-refractivity contribution is 6.14. The van der Waals surface area contributed by atoms with Crippen molar-refractivity contribution in [1.29, 1.82) is 0 Å². The van der Waals surface area contributed by atoms with Crippen LogP contribution in [0.5, 0.6) is 0 Å². The highest BCUT2D eigenvalue weighted by atomic mass is 19.4. The van der Waals surface area contributed by atoms with E-state index in [0.717, 1.165) is 33.6 Å². The molecule has 0 saturated carbocycles. The standard InChI is InChI=1S/C22H17F3N4O4/c23-22(24,25)13-5-6-16-15(9-13)26-17(30)10-28(16)18(31)11-29-19(32)21(27-20(29)33)8-7-12-3-1-2-4-14(12)21/h1-6,9H,7-8,10-11H2,(H,26,30)(H,27,33)/t21-/m0/s1. The SMILES string of the molecule is O=C1CN(C(=O)CN2C(=O)N[C@]3(CCc4ccccc43)C2=O)c2ccc(C(F)(F)F)cc2N1. The fourth-order valence-electron chi connectivity index (χ4n) is 4.64. The average Bonchev–Trinajstić information content (AvgIpc) is 3.25. The summed E-state index contributed by atoms with van der Waals surface area (Å²) in [6.45, 7) is -1.10. The highest BCUT2D eigenvalue weighted by Gasteiger charge is 2.55. The summed E-state index contributed by atoms with van der Waals surface area (Å²) in [5, 5.41) is 5.03. The van der Waals surface area contributed by atoms with E-state index in [1.807, 2.05) is 12.1 Å². The first-order valence-corrected chi connectivity index (χ1v) is 10.1. The minimum atomic E-state index is -4.63. The van der Waals surface area contributed by atoms with Crippen LogP contribution < -0.4 is 15.5 Å². The maximum absolute atomic E-state index is 13.3. The Bertz CT molecular complexity index is 1230. The number of nitrogens with zero attached hydrogens (tertiary/aromatic N) is 2. The van der Waals surface area contributed by atoms with Crippen LogP contribution in [0.1, 0.15) is 23.1 Å². The molecule has 2 aliphatic heterocycles. The molecule has 2 aromatic carbocycles. The third kappa shape index (κ3) is 3.22. The Morgan fingerprint density at radius 1 is 1.09 bits per heavy atom. The maximum Gasteiger partial charge on any atom is 0.416 e. The van der Waals surface area contributed by atoms with Crippen molar-refractivity contribution in [2.75, 3.05) is 23.3 Å². The second-order valence-electron chi connectivity index (χ2n) is 8.14. The van der Waals surface area contributed by atoms with Crippen LogP contribution >= 0.6 is 0 Å². The molecule has 1 aliphatic carbocycles. The molecule has 2 N–H and O–H groups in total. The number of hydrogen-bond acceptors (Lipinski definition) is 4. The maximum atomic E-state index is 13.3. The van der Waals surface area contributed by atoms with Gasteiger partial charge in [-0.15, -0.1) is 0 Å². The zero-order valence-electron chi connectivity index (χ0n) is 17.0. The third-order valence-corrected chi connectivity index (χ3v) is 6.21. The van der Waals surface area contributed by atoms with Gasteiger partial charge in [0.25, 0.3) is 5.91 Å².